The third kappa shape index (κ3) is 4.84. The van der Waals surface area contributed by atoms with Gasteiger partial charge in [-0.15, -0.1) is 0 Å². The maximum absolute atomic E-state index is 12.5. The van der Waals surface area contributed by atoms with Crippen LogP contribution in [0, 0.1) is 10.1 Å². The molecule has 7 nitrogen and oxygen atoms in total. The zero-order chi connectivity index (χ0) is 20.0. The molecule has 0 aliphatic heterocycles. The largest absolute Gasteiger partial charge is 0.497 e. The molecule has 142 valence electrons. The Labute approximate surface area is 158 Å². The lowest BCUT2D eigenvalue weighted by molar-refractivity contribution is -0.384. The molecule has 0 aromatic heterocycles. The number of ether oxygens (including phenoxy) is 2. The number of benzene rings is 2. The van der Waals surface area contributed by atoms with Gasteiger partial charge in [0.05, 0.1) is 25.2 Å². The number of hydrogen-bond donors (Lipinski definition) is 0. The third-order valence-electron chi connectivity index (χ3n) is 4.34. The second kappa shape index (κ2) is 8.84. The molecule has 0 unspecified atom stereocenters. The van der Waals surface area contributed by atoms with E-state index in [4.69, 9.17) is 9.47 Å². The Balaban J connectivity index is 2.16. The highest BCUT2D eigenvalue weighted by Crippen LogP contribution is 2.26. The lowest BCUT2D eigenvalue weighted by atomic mass is 10.1. The van der Waals surface area contributed by atoms with Crippen LogP contribution in [0.2, 0.25) is 0 Å². The first kappa shape index (κ1) is 20.0. The van der Waals surface area contributed by atoms with E-state index in [1.54, 1.807) is 57.7 Å². The normalized spacial score (nSPS) is 11.9. The predicted molar refractivity (Wildman–Crippen MR) is 103 cm³/mol. The molecule has 0 heterocycles. The molecule has 0 N–H and O–H groups in total. The molecule has 2 rings (SSSR count). The SMILES string of the molecule is COc1ccc(/C=C/C(=O)N(C)[C@@H](C)c2cccc([N+](=O)[O-])c2)c(OC)c1. The molecule has 0 saturated carbocycles. The minimum atomic E-state index is -0.450. The molecule has 2 aromatic carbocycles. The van der Waals surface area contributed by atoms with Gasteiger partial charge in [0.15, 0.2) is 0 Å². The van der Waals surface area contributed by atoms with Gasteiger partial charge in [-0.05, 0) is 30.7 Å². The number of carbonyl (C=O) groups is 1. The zero-order valence-corrected chi connectivity index (χ0v) is 15.7. The van der Waals surface area contributed by atoms with Gasteiger partial charge in [0.2, 0.25) is 5.91 Å². The number of rotatable bonds is 7. The van der Waals surface area contributed by atoms with Gasteiger partial charge >= 0.3 is 0 Å². The van der Waals surface area contributed by atoms with Crippen LogP contribution >= 0.6 is 0 Å². The van der Waals surface area contributed by atoms with Gasteiger partial charge < -0.3 is 14.4 Å². The van der Waals surface area contributed by atoms with Crippen LogP contribution in [0.25, 0.3) is 6.08 Å². The molecule has 0 fully saturated rings. The fraction of sp³-hybridized carbons (Fsp3) is 0.250. The zero-order valence-electron chi connectivity index (χ0n) is 15.7. The maximum Gasteiger partial charge on any atom is 0.269 e. The number of nitro benzene ring substituents is 1. The second-order valence-corrected chi connectivity index (χ2v) is 5.92. The summed E-state index contributed by atoms with van der Waals surface area (Å²) >= 11 is 0. The molecule has 0 aliphatic rings. The summed E-state index contributed by atoms with van der Waals surface area (Å²) in [5.74, 6) is 1.02. The highest BCUT2D eigenvalue weighted by molar-refractivity contribution is 5.92. The van der Waals surface area contributed by atoms with Crippen molar-refractivity contribution in [2.75, 3.05) is 21.3 Å². The van der Waals surface area contributed by atoms with Crippen molar-refractivity contribution < 1.29 is 19.2 Å². The Hall–Kier alpha value is -3.35. The van der Waals surface area contributed by atoms with E-state index in [-0.39, 0.29) is 17.6 Å². The minimum absolute atomic E-state index is 0.00119. The van der Waals surface area contributed by atoms with Gasteiger partial charge in [-0.2, -0.15) is 0 Å². The molecule has 1 atom stereocenters. The first-order valence-electron chi connectivity index (χ1n) is 8.28. The van der Waals surface area contributed by atoms with Crippen LogP contribution in [-0.2, 0) is 4.79 Å². The predicted octanol–water partition coefficient (Wildman–Crippen LogP) is 3.84. The van der Waals surface area contributed by atoms with Gasteiger partial charge in [-0.3, -0.25) is 14.9 Å². The summed E-state index contributed by atoms with van der Waals surface area (Å²) in [6.07, 6.45) is 3.11. The summed E-state index contributed by atoms with van der Waals surface area (Å²) in [5, 5.41) is 10.9. The summed E-state index contributed by atoms with van der Waals surface area (Å²) in [6.45, 7) is 1.82. The standard InChI is InChI=1S/C20H22N2O5/c1-14(16-6-5-7-17(12-16)22(24)25)21(2)20(23)11-9-15-8-10-18(26-3)13-19(15)27-4/h5-14H,1-4H3/b11-9+/t14-/m0/s1. The van der Waals surface area contributed by atoms with Crippen molar-refractivity contribution in [1.82, 2.24) is 4.90 Å². The number of likely N-dealkylation sites (N-methyl/N-ethyl adjacent to an activating group) is 1. The first-order chi connectivity index (χ1) is 12.9. The van der Waals surface area contributed by atoms with E-state index in [9.17, 15) is 14.9 Å². The topological polar surface area (TPSA) is 81.9 Å². The average Bonchev–Trinajstić information content (AvgIpc) is 2.70. The fourth-order valence-electron chi connectivity index (χ4n) is 2.55. The van der Waals surface area contributed by atoms with E-state index in [0.29, 0.717) is 17.1 Å². The van der Waals surface area contributed by atoms with E-state index in [0.717, 1.165) is 5.56 Å². The van der Waals surface area contributed by atoms with Gasteiger partial charge in [0, 0.05) is 36.9 Å². The smallest absolute Gasteiger partial charge is 0.269 e. The molecule has 27 heavy (non-hydrogen) atoms. The molecule has 0 aliphatic carbocycles. The van der Waals surface area contributed by atoms with Crippen molar-refractivity contribution in [2.24, 2.45) is 0 Å². The van der Waals surface area contributed by atoms with Crippen molar-refractivity contribution in [3.8, 4) is 11.5 Å². The van der Waals surface area contributed by atoms with Crippen LogP contribution in [0.3, 0.4) is 0 Å². The van der Waals surface area contributed by atoms with Crippen LogP contribution in [0.15, 0.2) is 48.5 Å². The van der Waals surface area contributed by atoms with E-state index in [2.05, 4.69) is 0 Å². The quantitative estimate of drug-likeness (QED) is 0.420. The van der Waals surface area contributed by atoms with Gasteiger partial charge in [-0.25, -0.2) is 0 Å². The molecule has 0 bridgehead atoms. The number of carbonyl (C=O) groups excluding carboxylic acids is 1. The van der Waals surface area contributed by atoms with Gasteiger partial charge in [-0.1, -0.05) is 12.1 Å². The molecule has 0 radical (unpaired) electrons. The Bertz CT molecular complexity index is 863. The minimum Gasteiger partial charge on any atom is -0.497 e. The molecule has 2 aromatic rings. The van der Waals surface area contributed by atoms with Crippen LogP contribution in [0.4, 0.5) is 5.69 Å². The third-order valence-corrected chi connectivity index (χ3v) is 4.34. The Morgan fingerprint density at radius 3 is 2.56 bits per heavy atom. The van der Waals surface area contributed by atoms with Crippen molar-refractivity contribution in [2.45, 2.75) is 13.0 Å². The van der Waals surface area contributed by atoms with E-state index < -0.39 is 4.92 Å². The monoisotopic (exact) mass is 370 g/mol. The van der Waals surface area contributed by atoms with Gasteiger partial charge in [0.25, 0.3) is 5.69 Å². The van der Waals surface area contributed by atoms with Crippen molar-refractivity contribution >= 4 is 17.7 Å². The summed E-state index contributed by atoms with van der Waals surface area (Å²) in [5.41, 5.74) is 1.43. The van der Waals surface area contributed by atoms with Crippen LogP contribution in [0.5, 0.6) is 11.5 Å². The number of amides is 1. The molecular formula is C20H22N2O5. The summed E-state index contributed by atoms with van der Waals surface area (Å²) in [4.78, 5) is 24.5. The lowest BCUT2D eigenvalue weighted by Crippen LogP contribution is -2.28. The van der Waals surface area contributed by atoms with Crippen LogP contribution < -0.4 is 9.47 Å². The second-order valence-electron chi connectivity index (χ2n) is 5.92. The van der Waals surface area contributed by atoms with Gasteiger partial charge in [0.1, 0.15) is 11.5 Å². The molecule has 7 heteroatoms. The van der Waals surface area contributed by atoms with Crippen LogP contribution in [-0.4, -0.2) is 37.0 Å². The fourth-order valence-corrected chi connectivity index (χ4v) is 2.55. The highest BCUT2D eigenvalue weighted by Gasteiger charge is 2.18. The number of nitro groups is 1. The van der Waals surface area contributed by atoms with E-state index in [1.807, 2.05) is 6.92 Å². The number of methoxy groups -OCH3 is 2. The summed E-state index contributed by atoms with van der Waals surface area (Å²) in [6, 6.07) is 11.3. The Kier molecular flexibility index (Phi) is 6.54. The Morgan fingerprint density at radius 2 is 1.93 bits per heavy atom. The lowest BCUT2D eigenvalue weighted by Gasteiger charge is -2.24. The van der Waals surface area contributed by atoms with E-state index in [1.165, 1.54) is 23.1 Å². The number of hydrogen-bond acceptors (Lipinski definition) is 5. The maximum atomic E-state index is 12.5. The molecule has 0 saturated heterocycles. The molecular weight excluding hydrogens is 348 g/mol. The van der Waals surface area contributed by atoms with Crippen LogP contribution in [0.1, 0.15) is 24.1 Å². The number of non-ortho nitro benzene ring substituents is 1. The number of nitrogens with zero attached hydrogens (tertiary/aromatic N) is 2. The first-order valence-corrected chi connectivity index (χ1v) is 8.28. The molecule has 1 amide bonds. The van der Waals surface area contributed by atoms with E-state index >= 15 is 0 Å². The van der Waals surface area contributed by atoms with Crippen molar-refractivity contribution in [1.29, 1.82) is 0 Å². The highest BCUT2D eigenvalue weighted by atomic mass is 16.6. The van der Waals surface area contributed by atoms with Crippen molar-refractivity contribution in [3.05, 3.63) is 69.8 Å². The summed E-state index contributed by atoms with van der Waals surface area (Å²) < 4.78 is 10.5. The summed E-state index contributed by atoms with van der Waals surface area (Å²) in [7, 11) is 4.77. The Morgan fingerprint density at radius 1 is 1.19 bits per heavy atom. The average molecular weight is 370 g/mol. The molecule has 0 spiro atoms. The van der Waals surface area contributed by atoms with Crippen molar-refractivity contribution in [3.63, 3.8) is 0 Å².